The molecule has 2 saturated carbocycles. The summed E-state index contributed by atoms with van der Waals surface area (Å²) in [6.45, 7) is 7.25. The Hall–Kier alpha value is -1.06. The van der Waals surface area contributed by atoms with Gasteiger partial charge in [-0.1, -0.05) is 13.0 Å². The molecule has 3 aliphatic carbocycles. The summed E-state index contributed by atoms with van der Waals surface area (Å²) >= 11 is 0. The van der Waals surface area contributed by atoms with E-state index in [0.29, 0.717) is 17.2 Å². The van der Waals surface area contributed by atoms with Crippen LogP contribution >= 0.6 is 0 Å². The Bertz CT molecular complexity index is 672. The highest BCUT2D eigenvalue weighted by Gasteiger charge is 2.55. The first-order valence-corrected chi connectivity index (χ1v) is 11.1. The van der Waals surface area contributed by atoms with Crippen molar-refractivity contribution in [3.63, 3.8) is 0 Å². The zero-order valence-electron chi connectivity index (χ0n) is 17.7. The van der Waals surface area contributed by atoms with Gasteiger partial charge in [0, 0.05) is 19.1 Å². The van der Waals surface area contributed by atoms with Crippen LogP contribution in [0, 0.1) is 23.2 Å². The maximum Gasteiger partial charge on any atom is 0.115 e. The molecule has 1 unspecified atom stereocenters. The van der Waals surface area contributed by atoms with Crippen molar-refractivity contribution < 1.29 is 5.11 Å². The molecule has 0 radical (unpaired) electrons. The number of aromatic hydroxyl groups is 1. The molecule has 1 aromatic carbocycles. The first-order valence-electron chi connectivity index (χ1n) is 11.1. The largest absolute Gasteiger partial charge is 0.508 e. The molecular formula is C24H38N2O. The van der Waals surface area contributed by atoms with Gasteiger partial charge in [-0.3, -0.25) is 0 Å². The zero-order valence-corrected chi connectivity index (χ0v) is 17.7. The van der Waals surface area contributed by atoms with Gasteiger partial charge in [-0.05, 0) is 112 Å². The van der Waals surface area contributed by atoms with Gasteiger partial charge in [0.2, 0.25) is 0 Å². The van der Waals surface area contributed by atoms with Crippen LogP contribution < -0.4 is 5.32 Å². The second kappa shape index (κ2) is 7.40. The number of aryl methyl sites for hydroxylation is 1. The lowest BCUT2D eigenvalue weighted by atomic mass is 9.53. The Morgan fingerprint density at radius 3 is 2.81 bits per heavy atom. The van der Waals surface area contributed by atoms with Crippen molar-refractivity contribution in [2.75, 3.05) is 27.2 Å². The molecule has 6 atom stereocenters. The molecule has 3 nitrogen and oxygen atoms in total. The monoisotopic (exact) mass is 370 g/mol. The molecule has 27 heavy (non-hydrogen) atoms. The molecule has 4 rings (SSSR count). The molecule has 2 fully saturated rings. The average Bonchev–Trinajstić information content (AvgIpc) is 2.98. The molecule has 1 aromatic rings. The standard InChI is InChI=1S/C24H38N2O/c1-16(25-13-14-26(3)4)22-9-10-23-21-7-5-17-15-18(27)6-8-19(17)20(21)11-12-24(22,23)2/h6,8,15-16,20-23,25,27H,5,7,9-14H2,1-4H3/t16?,20-,21-,22-,23+,24-/m1/s1. The van der Waals surface area contributed by atoms with E-state index in [4.69, 9.17) is 0 Å². The van der Waals surface area contributed by atoms with E-state index in [0.717, 1.165) is 43.2 Å². The Kier molecular flexibility index (Phi) is 5.28. The van der Waals surface area contributed by atoms with Gasteiger partial charge in [-0.15, -0.1) is 0 Å². The van der Waals surface area contributed by atoms with Crippen LogP contribution in [-0.4, -0.2) is 43.2 Å². The quantitative estimate of drug-likeness (QED) is 0.806. The molecule has 3 aliphatic rings. The minimum atomic E-state index is 0.436. The van der Waals surface area contributed by atoms with Crippen molar-refractivity contribution in [3.8, 4) is 5.75 Å². The normalized spacial score (nSPS) is 36.2. The molecule has 3 heteroatoms. The highest BCUT2D eigenvalue weighted by molar-refractivity contribution is 5.40. The molecule has 150 valence electrons. The number of nitrogens with one attached hydrogen (secondary N) is 1. The van der Waals surface area contributed by atoms with Crippen molar-refractivity contribution in [3.05, 3.63) is 29.3 Å². The van der Waals surface area contributed by atoms with Crippen LogP contribution in [-0.2, 0) is 6.42 Å². The molecule has 2 N–H and O–H groups in total. The minimum Gasteiger partial charge on any atom is -0.508 e. The van der Waals surface area contributed by atoms with E-state index in [1.165, 1.54) is 37.7 Å². The lowest BCUT2D eigenvalue weighted by Gasteiger charge is -2.52. The van der Waals surface area contributed by atoms with Crippen LogP contribution in [0.3, 0.4) is 0 Å². The Morgan fingerprint density at radius 2 is 2.04 bits per heavy atom. The summed E-state index contributed by atoms with van der Waals surface area (Å²) in [4.78, 5) is 2.27. The fourth-order valence-corrected chi connectivity index (χ4v) is 7.09. The lowest BCUT2D eigenvalue weighted by molar-refractivity contribution is 0.0181. The molecule has 0 spiro atoms. The zero-order chi connectivity index (χ0) is 19.2. The van der Waals surface area contributed by atoms with Crippen LogP contribution in [0.1, 0.15) is 63.0 Å². The molecule has 0 bridgehead atoms. The summed E-state index contributed by atoms with van der Waals surface area (Å²) in [5.74, 6) is 3.70. The van der Waals surface area contributed by atoms with Gasteiger partial charge in [-0.25, -0.2) is 0 Å². The van der Waals surface area contributed by atoms with Crippen molar-refractivity contribution in [2.24, 2.45) is 23.2 Å². The van der Waals surface area contributed by atoms with E-state index in [1.54, 1.807) is 5.56 Å². The number of phenols is 1. The third kappa shape index (κ3) is 3.42. The minimum absolute atomic E-state index is 0.436. The van der Waals surface area contributed by atoms with Crippen LogP contribution in [0.15, 0.2) is 18.2 Å². The van der Waals surface area contributed by atoms with E-state index in [1.807, 2.05) is 12.1 Å². The first kappa shape index (κ1) is 19.3. The van der Waals surface area contributed by atoms with Crippen molar-refractivity contribution in [1.29, 1.82) is 0 Å². The van der Waals surface area contributed by atoms with Crippen molar-refractivity contribution in [1.82, 2.24) is 10.2 Å². The average molecular weight is 371 g/mol. The Balaban J connectivity index is 1.49. The number of likely N-dealkylation sites (N-methyl/N-ethyl adjacent to an activating group) is 1. The summed E-state index contributed by atoms with van der Waals surface area (Å²) in [6, 6.07) is 6.77. The SMILES string of the molecule is CC(NCCN(C)C)[C@H]1CC[C@H]2[C@@H]3CCc4cc(O)ccc4[C@H]3CC[C@]12C. The van der Waals surface area contributed by atoms with Gasteiger partial charge >= 0.3 is 0 Å². The second-order valence-electron chi connectivity index (χ2n) is 10.1. The molecule has 0 heterocycles. The second-order valence-corrected chi connectivity index (χ2v) is 10.1. The van der Waals surface area contributed by atoms with E-state index in [2.05, 4.69) is 44.2 Å². The molecular weight excluding hydrogens is 332 g/mol. The predicted molar refractivity (Wildman–Crippen MR) is 112 cm³/mol. The van der Waals surface area contributed by atoms with Crippen LogP contribution in [0.5, 0.6) is 5.75 Å². The highest BCUT2D eigenvalue weighted by atomic mass is 16.3. The number of fused-ring (bicyclic) bond motifs is 5. The fraction of sp³-hybridized carbons (Fsp3) is 0.750. The maximum absolute atomic E-state index is 9.87. The summed E-state index contributed by atoms with van der Waals surface area (Å²) in [6.07, 6.45) is 7.97. The van der Waals surface area contributed by atoms with Gasteiger partial charge in [0.25, 0.3) is 0 Å². The summed E-state index contributed by atoms with van der Waals surface area (Å²) < 4.78 is 0. The fourth-order valence-electron chi connectivity index (χ4n) is 7.09. The summed E-state index contributed by atoms with van der Waals surface area (Å²) in [5.41, 5.74) is 3.46. The first-order chi connectivity index (χ1) is 12.9. The van der Waals surface area contributed by atoms with Gasteiger partial charge in [-0.2, -0.15) is 0 Å². The Morgan fingerprint density at radius 1 is 1.22 bits per heavy atom. The van der Waals surface area contributed by atoms with Gasteiger partial charge in [0.1, 0.15) is 5.75 Å². The topological polar surface area (TPSA) is 35.5 Å². The van der Waals surface area contributed by atoms with Crippen LogP contribution in [0.4, 0.5) is 0 Å². The predicted octanol–water partition coefficient (Wildman–Crippen LogP) is 4.40. The smallest absolute Gasteiger partial charge is 0.115 e. The number of nitrogens with zero attached hydrogens (tertiary/aromatic N) is 1. The number of benzene rings is 1. The molecule has 0 saturated heterocycles. The van der Waals surface area contributed by atoms with E-state index in [9.17, 15) is 5.11 Å². The highest BCUT2D eigenvalue weighted by Crippen LogP contribution is 2.63. The Labute approximate surface area is 165 Å². The van der Waals surface area contributed by atoms with Crippen molar-refractivity contribution in [2.45, 2.75) is 64.3 Å². The lowest BCUT2D eigenvalue weighted by Crippen LogP contribution is -2.48. The number of hydrogen-bond donors (Lipinski definition) is 2. The summed E-state index contributed by atoms with van der Waals surface area (Å²) in [7, 11) is 4.31. The third-order valence-electron chi connectivity index (χ3n) is 8.41. The molecule has 0 amide bonds. The van der Waals surface area contributed by atoms with Crippen molar-refractivity contribution >= 4 is 0 Å². The van der Waals surface area contributed by atoms with Gasteiger partial charge in [0.05, 0.1) is 0 Å². The van der Waals surface area contributed by atoms with Crippen LogP contribution in [0.2, 0.25) is 0 Å². The van der Waals surface area contributed by atoms with Crippen LogP contribution in [0.25, 0.3) is 0 Å². The summed E-state index contributed by atoms with van der Waals surface area (Å²) in [5, 5.41) is 13.7. The van der Waals surface area contributed by atoms with Gasteiger partial charge < -0.3 is 15.3 Å². The van der Waals surface area contributed by atoms with E-state index >= 15 is 0 Å². The number of hydrogen-bond acceptors (Lipinski definition) is 3. The molecule has 0 aromatic heterocycles. The maximum atomic E-state index is 9.87. The van der Waals surface area contributed by atoms with E-state index < -0.39 is 0 Å². The molecule has 0 aliphatic heterocycles. The third-order valence-corrected chi connectivity index (χ3v) is 8.41. The number of phenolic OH excluding ortho intramolecular Hbond substituents is 1. The number of rotatable bonds is 5. The van der Waals surface area contributed by atoms with Gasteiger partial charge in [0.15, 0.2) is 0 Å². The van der Waals surface area contributed by atoms with E-state index in [-0.39, 0.29) is 0 Å².